The zero-order chi connectivity index (χ0) is 21.9. The van der Waals surface area contributed by atoms with Crippen molar-refractivity contribution >= 4 is 33.9 Å². The number of para-hydroxylation sites is 2. The topological polar surface area (TPSA) is 106 Å². The van der Waals surface area contributed by atoms with Gasteiger partial charge in [0.2, 0.25) is 5.89 Å². The van der Waals surface area contributed by atoms with E-state index in [4.69, 9.17) is 9.62 Å². The molecule has 158 valence electrons. The minimum Gasteiger partial charge on any atom is -0.438 e. The summed E-state index contributed by atoms with van der Waals surface area (Å²) in [6, 6.07) is 21.8. The average molecular weight is 425 g/mol. The van der Waals surface area contributed by atoms with Crippen LogP contribution in [0.15, 0.2) is 83.4 Å². The first-order chi connectivity index (χ1) is 15.7. The molecule has 0 bridgehead atoms. The second-order valence-corrected chi connectivity index (χ2v) is 7.35. The smallest absolute Gasteiger partial charge is 0.267 e. The van der Waals surface area contributed by atoms with Crippen molar-refractivity contribution < 1.29 is 14.4 Å². The van der Waals surface area contributed by atoms with E-state index in [2.05, 4.69) is 45.6 Å². The Kier molecular flexibility index (Phi) is 5.19. The van der Waals surface area contributed by atoms with Gasteiger partial charge in [0.25, 0.3) is 5.91 Å². The van der Waals surface area contributed by atoms with E-state index >= 15 is 0 Å². The molecule has 8 nitrogen and oxygen atoms in total. The van der Waals surface area contributed by atoms with Crippen LogP contribution < -0.4 is 5.48 Å². The van der Waals surface area contributed by atoms with Crippen molar-refractivity contribution in [2.75, 3.05) is 0 Å². The number of hydroxylamine groups is 1. The maximum absolute atomic E-state index is 11.3. The van der Waals surface area contributed by atoms with E-state index in [9.17, 15) is 4.79 Å². The Morgan fingerprint density at radius 3 is 2.75 bits per heavy atom. The minimum atomic E-state index is -0.647. The van der Waals surface area contributed by atoms with Crippen LogP contribution >= 0.6 is 0 Å². The molecule has 0 saturated carbocycles. The predicted octanol–water partition coefficient (Wildman–Crippen LogP) is 3.92. The number of nitrogens with one attached hydrogen (secondary N) is 1. The Morgan fingerprint density at radius 2 is 1.91 bits per heavy atom. The molecule has 32 heavy (non-hydrogen) atoms. The predicted molar refractivity (Wildman–Crippen MR) is 119 cm³/mol. The number of oxazole rings is 1. The Bertz CT molecular complexity index is 1400. The fourth-order valence-electron chi connectivity index (χ4n) is 3.63. The van der Waals surface area contributed by atoms with Crippen LogP contribution in [-0.2, 0) is 11.2 Å². The van der Waals surface area contributed by atoms with Crippen LogP contribution in [-0.4, -0.2) is 31.1 Å². The summed E-state index contributed by atoms with van der Waals surface area (Å²) in [4.78, 5) is 15.9. The van der Waals surface area contributed by atoms with Crippen LogP contribution in [0.2, 0.25) is 0 Å². The second-order valence-electron chi connectivity index (χ2n) is 7.35. The fourth-order valence-corrected chi connectivity index (χ4v) is 3.63. The van der Waals surface area contributed by atoms with Gasteiger partial charge in [0.15, 0.2) is 5.58 Å². The standard InChI is InChI=1S/C24H19N5O3/c30-23(27-31)12-11-19-15-29(28-26-19)21(24-25-20-7-3-4-8-22(20)32-24)14-16-9-10-17-5-1-2-6-18(17)13-16/h1-13,15,21,31H,14H2,(H,27,30)/b12-11+. The van der Waals surface area contributed by atoms with Crippen LogP contribution in [0.4, 0.5) is 0 Å². The molecule has 2 heterocycles. The van der Waals surface area contributed by atoms with Crippen LogP contribution in [0.3, 0.4) is 0 Å². The van der Waals surface area contributed by atoms with Gasteiger partial charge in [-0.05, 0) is 34.5 Å². The summed E-state index contributed by atoms with van der Waals surface area (Å²) in [5, 5.41) is 19.3. The zero-order valence-corrected chi connectivity index (χ0v) is 16.9. The van der Waals surface area contributed by atoms with Crippen molar-refractivity contribution in [3.05, 3.63) is 96.2 Å². The number of carbonyl (C=O) groups excluding carboxylic acids is 1. The second kappa shape index (κ2) is 8.44. The molecule has 5 aromatic rings. The van der Waals surface area contributed by atoms with Crippen LogP contribution in [0.5, 0.6) is 0 Å². The number of hydrogen-bond acceptors (Lipinski definition) is 6. The van der Waals surface area contributed by atoms with E-state index in [1.165, 1.54) is 17.5 Å². The summed E-state index contributed by atoms with van der Waals surface area (Å²) in [6.45, 7) is 0. The Labute approximate surface area is 182 Å². The summed E-state index contributed by atoms with van der Waals surface area (Å²) in [7, 11) is 0. The van der Waals surface area contributed by atoms with Crippen molar-refractivity contribution in [1.29, 1.82) is 0 Å². The number of benzene rings is 3. The number of fused-ring (bicyclic) bond motifs is 2. The number of carbonyl (C=O) groups is 1. The quantitative estimate of drug-likeness (QED) is 0.243. The van der Waals surface area contributed by atoms with Crippen LogP contribution in [0.25, 0.3) is 27.9 Å². The molecule has 0 fully saturated rings. The van der Waals surface area contributed by atoms with Crippen molar-refractivity contribution in [3.8, 4) is 0 Å². The molecule has 0 aliphatic heterocycles. The molecule has 1 unspecified atom stereocenters. The normalized spacial score (nSPS) is 12.5. The first kappa shape index (κ1) is 19.7. The molecule has 5 rings (SSSR count). The molecular weight excluding hydrogens is 406 g/mol. The summed E-state index contributed by atoms with van der Waals surface area (Å²) >= 11 is 0. The lowest BCUT2D eigenvalue weighted by Crippen LogP contribution is -2.15. The lowest BCUT2D eigenvalue weighted by molar-refractivity contribution is -0.124. The summed E-state index contributed by atoms with van der Waals surface area (Å²) in [5.74, 6) is -0.126. The highest BCUT2D eigenvalue weighted by molar-refractivity contribution is 5.90. The molecule has 1 atom stereocenters. The van der Waals surface area contributed by atoms with Gasteiger partial charge in [-0.2, -0.15) is 0 Å². The monoisotopic (exact) mass is 425 g/mol. The van der Waals surface area contributed by atoms with Gasteiger partial charge >= 0.3 is 0 Å². The molecule has 1 amide bonds. The molecule has 3 aromatic carbocycles. The minimum absolute atomic E-state index is 0.343. The van der Waals surface area contributed by atoms with Gasteiger partial charge in [0.05, 0.1) is 6.20 Å². The van der Waals surface area contributed by atoms with Gasteiger partial charge in [-0.25, -0.2) is 15.1 Å². The zero-order valence-electron chi connectivity index (χ0n) is 16.9. The molecular formula is C24H19N5O3. The SMILES string of the molecule is O=C(/C=C/c1cn(C(Cc2ccc3ccccc3c2)c2nc3ccccc3o2)nn1)NO. The molecule has 0 aliphatic carbocycles. The average Bonchev–Trinajstić information content (AvgIpc) is 3.48. The Balaban J connectivity index is 1.53. The highest BCUT2D eigenvalue weighted by Gasteiger charge is 2.22. The lowest BCUT2D eigenvalue weighted by atomic mass is 10.0. The summed E-state index contributed by atoms with van der Waals surface area (Å²) in [5.41, 5.74) is 4.58. The number of amides is 1. The third-order valence-corrected chi connectivity index (χ3v) is 5.20. The number of aromatic nitrogens is 4. The van der Waals surface area contributed by atoms with E-state index in [1.807, 2.05) is 36.4 Å². The van der Waals surface area contributed by atoms with Crippen LogP contribution in [0.1, 0.15) is 23.2 Å². The van der Waals surface area contributed by atoms with Gasteiger partial charge in [-0.1, -0.05) is 59.8 Å². The van der Waals surface area contributed by atoms with Gasteiger partial charge in [0.1, 0.15) is 17.3 Å². The van der Waals surface area contributed by atoms with E-state index in [0.29, 0.717) is 23.6 Å². The molecule has 0 spiro atoms. The molecule has 0 aliphatic rings. The highest BCUT2D eigenvalue weighted by Crippen LogP contribution is 2.27. The van der Waals surface area contributed by atoms with Crippen molar-refractivity contribution in [1.82, 2.24) is 25.5 Å². The Hall–Kier alpha value is -4.30. The molecule has 2 N–H and O–H groups in total. The third-order valence-electron chi connectivity index (χ3n) is 5.20. The van der Waals surface area contributed by atoms with Crippen molar-refractivity contribution in [2.45, 2.75) is 12.5 Å². The van der Waals surface area contributed by atoms with Gasteiger partial charge in [-0.15, -0.1) is 5.10 Å². The van der Waals surface area contributed by atoms with E-state index in [1.54, 1.807) is 16.4 Å². The largest absolute Gasteiger partial charge is 0.438 e. The van der Waals surface area contributed by atoms with E-state index < -0.39 is 5.91 Å². The maximum atomic E-state index is 11.3. The Morgan fingerprint density at radius 1 is 1.09 bits per heavy atom. The number of nitrogens with zero attached hydrogens (tertiary/aromatic N) is 4. The molecule has 0 radical (unpaired) electrons. The van der Waals surface area contributed by atoms with Crippen molar-refractivity contribution in [2.24, 2.45) is 0 Å². The summed E-state index contributed by atoms with van der Waals surface area (Å²) in [6.07, 6.45) is 4.93. The van der Waals surface area contributed by atoms with E-state index in [-0.39, 0.29) is 6.04 Å². The van der Waals surface area contributed by atoms with Gasteiger partial charge < -0.3 is 4.42 Å². The summed E-state index contributed by atoms with van der Waals surface area (Å²) < 4.78 is 7.73. The van der Waals surface area contributed by atoms with E-state index in [0.717, 1.165) is 16.5 Å². The third kappa shape index (κ3) is 3.99. The molecule has 8 heteroatoms. The molecule has 0 saturated heterocycles. The first-order valence-corrected chi connectivity index (χ1v) is 10.1. The van der Waals surface area contributed by atoms with Gasteiger partial charge in [-0.3, -0.25) is 10.0 Å². The van der Waals surface area contributed by atoms with Gasteiger partial charge in [0, 0.05) is 12.5 Å². The maximum Gasteiger partial charge on any atom is 0.267 e. The number of rotatable bonds is 6. The number of hydrogen-bond donors (Lipinski definition) is 2. The van der Waals surface area contributed by atoms with Crippen LogP contribution in [0, 0.1) is 0 Å². The van der Waals surface area contributed by atoms with Crippen molar-refractivity contribution in [3.63, 3.8) is 0 Å². The molecule has 2 aromatic heterocycles. The lowest BCUT2D eigenvalue weighted by Gasteiger charge is -2.14. The first-order valence-electron chi connectivity index (χ1n) is 10.1. The highest BCUT2D eigenvalue weighted by atomic mass is 16.5. The fraction of sp³-hybridized carbons (Fsp3) is 0.0833.